The Morgan fingerprint density at radius 1 is 0.529 bits per heavy atom. The van der Waals surface area contributed by atoms with Crippen molar-refractivity contribution in [3.8, 4) is 0 Å². The number of unbranched alkanes of at least 4 members (excludes halogenated alkanes) is 29. The molecule has 0 saturated carbocycles. The van der Waals surface area contributed by atoms with Crippen molar-refractivity contribution in [2.24, 2.45) is 0 Å². The highest BCUT2D eigenvalue weighted by molar-refractivity contribution is 7.45. The summed E-state index contributed by atoms with van der Waals surface area (Å²) in [4.78, 5) is 25.3. The molecule has 0 aliphatic heterocycles. The van der Waals surface area contributed by atoms with Gasteiger partial charge in [-0.3, -0.25) is 9.36 Å². The Morgan fingerprint density at radius 2 is 0.897 bits per heavy atom. The molecule has 0 radical (unpaired) electrons. The second-order valence-electron chi connectivity index (χ2n) is 20.6. The fourth-order valence-electron chi connectivity index (χ4n) is 8.30. The number of nitrogens with one attached hydrogen (secondary N) is 1. The maximum Gasteiger partial charge on any atom is 0.268 e. The standard InChI is InChI=1S/C59H111N2O6P/c1-6-8-10-12-14-15-16-17-18-19-20-21-22-23-24-25-26-27-28-29-30-31-32-33-34-35-36-37-38-39-40-41-42-43-44-45-47-49-51-53-59(63)60-57(58(62)52-50-48-46-13-11-9-7-2)56-67-68(64,65)66-55-54-61(3,4)5/h8,10,14-15,17-18,20-21,23-24,57-58,62H,6-7,9,11-13,16,19,22,25-56H2,1-5H3,(H-,60,63,64,65)/b10-8-,15-14-,18-17-,21-20-,24-23-. The SMILES string of the molecule is CC/C=C\C/C=C\C/C=C\C/C=C\C/C=C\CCCCCCCCCCCCCCCCCCCCCCCCCC(=O)NC(COP(=O)([O-])OCC[N+](C)(C)C)C(O)CCCCCCCCC. The van der Waals surface area contributed by atoms with Crippen molar-refractivity contribution in [2.45, 2.75) is 270 Å². The van der Waals surface area contributed by atoms with Crippen molar-refractivity contribution in [2.75, 3.05) is 40.9 Å². The summed E-state index contributed by atoms with van der Waals surface area (Å²) in [6.07, 6.45) is 67.4. The summed E-state index contributed by atoms with van der Waals surface area (Å²) in [5, 5.41) is 13.8. The normalized spacial score (nSPS) is 14.4. The van der Waals surface area contributed by atoms with Crippen LogP contribution in [0.5, 0.6) is 0 Å². The summed E-state index contributed by atoms with van der Waals surface area (Å²) >= 11 is 0. The van der Waals surface area contributed by atoms with Gasteiger partial charge in [0.2, 0.25) is 5.91 Å². The van der Waals surface area contributed by atoms with Crippen LogP contribution in [0.15, 0.2) is 60.8 Å². The lowest BCUT2D eigenvalue weighted by Crippen LogP contribution is -2.46. The molecular formula is C59H111N2O6P. The molecule has 1 amide bonds. The number of aliphatic hydroxyl groups excluding tert-OH is 1. The number of phosphoric ester groups is 1. The lowest BCUT2D eigenvalue weighted by Gasteiger charge is -2.30. The predicted octanol–water partition coefficient (Wildman–Crippen LogP) is 16.7. The number of carbonyl (C=O) groups is 1. The fraction of sp³-hybridized carbons (Fsp3) is 0.814. The fourth-order valence-corrected chi connectivity index (χ4v) is 9.03. The number of likely N-dealkylation sites (N-methyl/N-ethyl adjacent to an activating group) is 1. The van der Waals surface area contributed by atoms with E-state index in [-0.39, 0.29) is 19.1 Å². The van der Waals surface area contributed by atoms with Crippen molar-refractivity contribution < 1.29 is 32.9 Å². The number of hydrogen-bond donors (Lipinski definition) is 2. The number of hydrogen-bond acceptors (Lipinski definition) is 6. The van der Waals surface area contributed by atoms with Gasteiger partial charge in [0, 0.05) is 6.42 Å². The van der Waals surface area contributed by atoms with Gasteiger partial charge in [0.25, 0.3) is 7.82 Å². The van der Waals surface area contributed by atoms with Crippen LogP contribution in [0, 0.1) is 0 Å². The van der Waals surface area contributed by atoms with E-state index in [4.69, 9.17) is 9.05 Å². The maximum atomic E-state index is 12.9. The third-order valence-corrected chi connectivity index (χ3v) is 13.7. The largest absolute Gasteiger partial charge is 0.756 e. The number of phosphoric acid groups is 1. The molecule has 0 aromatic rings. The van der Waals surface area contributed by atoms with Crippen molar-refractivity contribution >= 4 is 13.7 Å². The third kappa shape index (κ3) is 52.0. The van der Waals surface area contributed by atoms with Crippen LogP contribution in [0.1, 0.15) is 258 Å². The summed E-state index contributed by atoms with van der Waals surface area (Å²) in [6, 6.07) is -0.796. The topological polar surface area (TPSA) is 108 Å². The van der Waals surface area contributed by atoms with Gasteiger partial charge in [0.05, 0.1) is 39.9 Å². The molecule has 0 saturated heterocycles. The second kappa shape index (κ2) is 50.2. The first-order valence-electron chi connectivity index (χ1n) is 28.6. The number of aliphatic hydroxyl groups is 1. The van der Waals surface area contributed by atoms with E-state index >= 15 is 0 Å². The highest BCUT2D eigenvalue weighted by atomic mass is 31.2. The molecule has 398 valence electrons. The predicted molar refractivity (Wildman–Crippen MR) is 293 cm³/mol. The van der Waals surface area contributed by atoms with Gasteiger partial charge < -0.3 is 28.8 Å². The molecule has 0 rings (SSSR count). The van der Waals surface area contributed by atoms with Gasteiger partial charge in [0.1, 0.15) is 13.2 Å². The number of carbonyl (C=O) groups excluding carboxylic acids is 1. The molecule has 0 aromatic heterocycles. The summed E-state index contributed by atoms with van der Waals surface area (Å²) in [6.45, 7) is 4.56. The van der Waals surface area contributed by atoms with E-state index in [0.717, 1.165) is 70.6 Å². The van der Waals surface area contributed by atoms with E-state index in [2.05, 4.69) is 79.9 Å². The quantitative estimate of drug-likeness (QED) is 0.0272. The molecule has 9 heteroatoms. The van der Waals surface area contributed by atoms with Crippen molar-refractivity contribution in [3.05, 3.63) is 60.8 Å². The van der Waals surface area contributed by atoms with E-state index in [1.54, 1.807) is 0 Å². The summed E-state index contributed by atoms with van der Waals surface area (Å²) in [5.41, 5.74) is 0. The van der Waals surface area contributed by atoms with Gasteiger partial charge in [-0.05, 0) is 57.8 Å². The molecule has 0 heterocycles. The summed E-state index contributed by atoms with van der Waals surface area (Å²) < 4.78 is 23.2. The van der Waals surface area contributed by atoms with Gasteiger partial charge in [-0.15, -0.1) is 0 Å². The van der Waals surface area contributed by atoms with Crippen LogP contribution in [-0.4, -0.2) is 68.5 Å². The van der Waals surface area contributed by atoms with Crippen LogP contribution < -0.4 is 10.2 Å². The molecular weight excluding hydrogens is 864 g/mol. The molecule has 8 nitrogen and oxygen atoms in total. The monoisotopic (exact) mass is 975 g/mol. The van der Waals surface area contributed by atoms with E-state index in [0.29, 0.717) is 23.9 Å². The van der Waals surface area contributed by atoms with Crippen LogP contribution in [-0.2, 0) is 18.4 Å². The van der Waals surface area contributed by atoms with Crippen molar-refractivity contribution in [3.63, 3.8) is 0 Å². The minimum atomic E-state index is -4.56. The van der Waals surface area contributed by atoms with Gasteiger partial charge in [-0.2, -0.15) is 0 Å². The number of allylic oxidation sites excluding steroid dienone is 10. The van der Waals surface area contributed by atoms with Gasteiger partial charge >= 0.3 is 0 Å². The van der Waals surface area contributed by atoms with E-state index < -0.39 is 20.0 Å². The van der Waals surface area contributed by atoms with Gasteiger partial charge in [-0.1, -0.05) is 254 Å². The van der Waals surface area contributed by atoms with Crippen LogP contribution in [0.4, 0.5) is 0 Å². The van der Waals surface area contributed by atoms with Gasteiger partial charge in [-0.25, -0.2) is 0 Å². The minimum Gasteiger partial charge on any atom is -0.756 e. The van der Waals surface area contributed by atoms with Crippen LogP contribution in [0.25, 0.3) is 0 Å². The molecule has 0 spiro atoms. The zero-order valence-electron chi connectivity index (χ0n) is 45.3. The van der Waals surface area contributed by atoms with E-state index in [9.17, 15) is 19.4 Å². The number of quaternary nitrogens is 1. The Hall–Kier alpha value is -1.80. The Labute approximate surface area is 422 Å². The Balaban J connectivity index is 3.76. The van der Waals surface area contributed by atoms with E-state index in [1.807, 2.05) is 21.1 Å². The average Bonchev–Trinajstić information content (AvgIpc) is 3.30. The molecule has 3 atom stereocenters. The minimum absolute atomic E-state index is 0.0124. The summed E-state index contributed by atoms with van der Waals surface area (Å²) in [5.74, 6) is -0.166. The zero-order chi connectivity index (χ0) is 49.9. The molecule has 0 fully saturated rings. The Kier molecular flexibility index (Phi) is 48.8. The first-order valence-corrected chi connectivity index (χ1v) is 30.1. The first-order chi connectivity index (χ1) is 33.0. The average molecular weight is 976 g/mol. The lowest BCUT2D eigenvalue weighted by molar-refractivity contribution is -0.870. The molecule has 0 aliphatic rings. The highest BCUT2D eigenvalue weighted by Crippen LogP contribution is 2.38. The number of nitrogens with zero attached hydrogens (tertiary/aromatic N) is 1. The Bertz CT molecular complexity index is 1290. The maximum absolute atomic E-state index is 12.9. The number of rotatable bonds is 52. The van der Waals surface area contributed by atoms with Crippen LogP contribution in [0.3, 0.4) is 0 Å². The molecule has 3 unspecified atom stereocenters. The third-order valence-electron chi connectivity index (χ3n) is 12.8. The highest BCUT2D eigenvalue weighted by Gasteiger charge is 2.24. The smallest absolute Gasteiger partial charge is 0.268 e. The lowest BCUT2D eigenvalue weighted by atomic mass is 10.0. The second-order valence-corrected chi connectivity index (χ2v) is 22.0. The Morgan fingerprint density at radius 3 is 1.31 bits per heavy atom. The number of amides is 1. The molecule has 2 N–H and O–H groups in total. The molecule has 0 aromatic carbocycles. The summed E-state index contributed by atoms with van der Waals surface area (Å²) in [7, 11) is 1.31. The van der Waals surface area contributed by atoms with Gasteiger partial charge in [0.15, 0.2) is 0 Å². The molecule has 0 aliphatic carbocycles. The van der Waals surface area contributed by atoms with E-state index in [1.165, 1.54) is 161 Å². The first kappa shape index (κ1) is 66.2. The molecule has 0 bridgehead atoms. The van der Waals surface area contributed by atoms with Crippen LogP contribution in [0.2, 0.25) is 0 Å². The zero-order valence-corrected chi connectivity index (χ0v) is 46.2. The molecule has 68 heavy (non-hydrogen) atoms. The van der Waals surface area contributed by atoms with Crippen molar-refractivity contribution in [1.29, 1.82) is 0 Å². The van der Waals surface area contributed by atoms with Crippen LogP contribution >= 0.6 is 7.82 Å². The van der Waals surface area contributed by atoms with Crippen molar-refractivity contribution in [1.82, 2.24) is 5.32 Å².